The van der Waals surface area contributed by atoms with E-state index in [0.717, 1.165) is 51.4 Å². The molecular weight excluding hydrogens is 703 g/mol. The van der Waals surface area contributed by atoms with Gasteiger partial charge in [-0.1, -0.05) is 180 Å². The first-order valence-corrected chi connectivity index (χ1v) is 23.7. The molecule has 330 valence electrons. The highest BCUT2D eigenvalue weighted by Gasteiger charge is 2.25. The molecule has 0 radical (unpaired) electrons. The minimum Gasteiger partial charge on any atom is -0.544 e. The molecule has 56 heavy (non-hydrogen) atoms. The van der Waals surface area contributed by atoms with Crippen LogP contribution in [0.1, 0.15) is 226 Å². The fourth-order valence-electron chi connectivity index (χ4n) is 7.18. The van der Waals surface area contributed by atoms with Crippen LogP contribution in [0.5, 0.6) is 0 Å². The summed E-state index contributed by atoms with van der Waals surface area (Å²) in [5, 5.41) is 11.6. The number of ether oxygens (including phenoxy) is 3. The van der Waals surface area contributed by atoms with E-state index in [2.05, 4.69) is 26.0 Å². The van der Waals surface area contributed by atoms with E-state index in [1.807, 2.05) is 0 Å². The average molecular weight is 794 g/mol. The lowest BCUT2D eigenvalue weighted by Gasteiger charge is -2.34. The van der Waals surface area contributed by atoms with Crippen molar-refractivity contribution >= 4 is 17.9 Å². The van der Waals surface area contributed by atoms with Crippen LogP contribution < -0.4 is 5.11 Å². The van der Waals surface area contributed by atoms with E-state index in [4.69, 9.17) is 14.2 Å². The van der Waals surface area contributed by atoms with Gasteiger partial charge in [0.15, 0.2) is 6.10 Å². The number of carboxylic acid groups (broad SMARTS) is 1. The summed E-state index contributed by atoms with van der Waals surface area (Å²) in [5.41, 5.74) is 0. The molecule has 0 heterocycles. The van der Waals surface area contributed by atoms with Crippen molar-refractivity contribution in [3.05, 3.63) is 12.2 Å². The number of carbonyl (C=O) groups excluding carboxylic acids is 3. The van der Waals surface area contributed by atoms with Crippen LogP contribution >= 0.6 is 0 Å². The van der Waals surface area contributed by atoms with Crippen molar-refractivity contribution in [2.24, 2.45) is 0 Å². The molecule has 0 fully saturated rings. The summed E-state index contributed by atoms with van der Waals surface area (Å²) < 4.78 is 17.2. The third kappa shape index (κ3) is 37.6. The van der Waals surface area contributed by atoms with Crippen molar-refractivity contribution in [2.45, 2.75) is 238 Å². The standard InChI is InChI=1S/C48H91NO7/c1-6-8-10-12-14-16-18-20-22-23-24-25-27-28-30-32-34-36-38-46(50)55-43-44(42-54-41-40-45(48(52)53)49(3,4)5)56-47(51)39-37-35-33-31-29-26-21-19-17-15-13-11-9-7-2/h19,21,44-45H,6-18,20,22-43H2,1-5H3/b21-19-. The highest BCUT2D eigenvalue weighted by molar-refractivity contribution is 5.70. The molecule has 0 aliphatic rings. The number of aliphatic carboxylic acids is 1. The number of nitrogens with zero attached hydrogens (tertiary/aromatic N) is 1. The summed E-state index contributed by atoms with van der Waals surface area (Å²) in [4.78, 5) is 36.9. The van der Waals surface area contributed by atoms with E-state index in [0.29, 0.717) is 12.8 Å². The number of allylic oxidation sites excluding steroid dienone is 2. The molecule has 0 aliphatic carbocycles. The first-order chi connectivity index (χ1) is 27.1. The van der Waals surface area contributed by atoms with Gasteiger partial charge in [0.1, 0.15) is 12.6 Å². The Morgan fingerprint density at radius 2 is 0.893 bits per heavy atom. The second-order valence-electron chi connectivity index (χ2n) is 17.4. The van der Waals surface area contributed by atoms with Crippen LogP contribution in [0.4, 0.5) is 0 Å². The largest absolute Gasteiger partial charge is 0.544 e. The number of hydrogen-bond donors (Lipinski definition) is 0. The first-order valence-electron chi connectivity index (χ1n) is 23.7. The maximum Gasteiger partial charge on any atom is 0.306 e. The second-order valence-corrected chi connectivity index (χ2v) is 17.4. The van der Waals surface area contributed by atoms with Crippen LogP contribution in [0.25, 0.3) is 0 Å². The zero-order valence-electron chi connectivity index (χ0n) is 37.6. The molecule has 0 amide bonds. The van der Waals surface area contributed by atoms with Crippen LogP contribution in [-0.4, -0.2) is 75.5 Å². The van der Waals surface area contributed by atoms with Crippen molar-refractivity contribution < 1.29 is 38.2 Å². The Morgan fingerprint density at radius 1 is 0.518 bits per heavy atom. The molecule has 0 N–H and O–H groups in total. The third-order valence-corrected chi connectivity index (χ3v) is 10.9. The topological polar surface area (TPSA) is 102 Å². The number of carbonyl (C=O) groups is 3. The quantitative estimate of drug-likeness (QED) is 0.0262. The van der Waals surface area contributed by atoms with Crippen LogP contribution in [0.3, 0.4) is 0 Å². The van der Waals surface area contributed by atoms with Gasteiger partial charge in [0, 0.05) is 19.3 Å². The van der Waals surface area contributed by atoms with Gasteiger partial charge in [0.2, 0.25) is 0 Å². The Balaban J connectivity index is 4.26. The average Bonchev–Trinajstić information content (AvgIpc) is 3.15. The van der Waals surface area contributed by atoms with Gasteiger partial charge >= 0.3 is 11.9 Å². The Bertz CT molecular complexity index is 931. The van der Waals surface area contributed by atoms with E-state index < -0.39 is 18.1 Å². The first kappa shape index (κ1) is 54.1. The van der Waals surface area contributed by atoms with Crippen molar-refractivity contribution in [3.63, 3.8) is 0 Å². The van der Waals surface area contributed by atoms with E-state index >= 15 is 0 Å². The highest BCUT2D eigenvalue weighted by atomic mass is 16.6. The van der Waals surface area contributed by atoms with Crippen molar-refractivity contribution in [3.8, 4) is 0 Å². The number of hydrogen-bond acceptors (Lipinski definition) is 7. The van der Waals surface area contributed by atoms with Gasteiger partial charge in [-0.3, -0.25) is 9.59 Å². The molecule has 0 aliphatic heterocycles. The van der Waals surface area contributed by atoms with E-state index in [1.165, 1.54) is 141 Å². The molecule has 0 aromatic heterocycles. The molecular formula is C48H91NO7. The number of likely N-dealkylation sites (N-methyl/N-ethyl adjacent to an activating group) is 1. The Hall–Kier alpha value is -1.93. The van der Waals surface area contributed by atoms with Crippen molar-refractivity contribution in [2.75, 3.05) is 41.0 Å². The molecule has 8 heteroatoms. The molecule has 0 saturated heterocycles. The molecule has 0 rings (SSSR count). The number of esters is 2. The molecule has 0 spiro atoms. The van der Waals surface area contributed by atoms with Gasteiger partial charge in [-0.15, -0.1) is 0 Å². The minimum absolute atomic E-state index is 0.0430. The predicted octanol–water partition coefficient (Wildman–Crippen LogP) is 11.8. The van der Waals surface area contributed by atoms with Crippen LogP contribution in [0, 0.1) is 0 Å². The zero-order chi connectivity index (χ0) is 41.4. The fraction of sp³-hybridized carbons (Fsp3) is 0.896. The van der Waals surface area contributed by atoms with Gasteiger partial charge in [0.25, 0.3) is 0 Å². The van der Waals surface area contributed by atoms with Crippen LogP contribution in [0.2, 0.25) is 0 Å². The van der Waals surface area contributed by atoms with Crippen molar-refractivity contribution in [1.29, 1.82) is 0 Å². The maximum atomic E-state index is 12.7. The number of unbranched alkanes of at least 4 members (excludes halogenated alkanes) is 27. The third-order valence-electron chi connectivity index (χ3n) is 10.9. The van der Waals surface area contributed by atoms with E-state index in [-0.39, 0.29) is 42.7 Å². The van der Waals surface area contributed by atoms with Crippen molar-refractivity contribution in [1.82, 2.24) is 0 Å². The molecule has 0 saturated carbocycles. The van der Waals surface area contributed by atoms with Gasteiger partial charge in [-0.05, 0) is 38.5 Å². The van der Waals surface area contributed by atoms with E-state index in [1.54, 1.807) is 21.1 Å². The smallest absolute Gasteiger partial charge is 0.306 e. The lowest BCUT2D eigenvalue weighted by molar-refractivity contribution is -0.889. The normalized spacial score (nSPS) is 12.9. The number of carboxylic acids is 1. The summed E-state index contributed by atoms with van der Waals surface area (Å²) in [6, 6.07) is -0.723. The fourth-order valence-corrected chi connectivity index (χ4v) is 7.18. The molecule has 8 nitrogen and oxygen atoms in total. The van der Waals surface area contributed by atoms with Crippen LogP contribution in [-0.2, 0) is 28.6 Å². The summed E-state index contributed by atoms with van der Waals surface area (Å²) in [7, 11) is 5.41. The monoisotopic (exact) mass is 794 g/mol. The summed E-state index contributed by atoms with van der Waals surface area (Å²) in [6.45, 7) is 4.68. The lowest BCUT2D eigenvalue weighted by atomic mass is 10.0. The van der Waals surface area contributed by atoms with Crippen LogP contribution in [0.15, 0.2) is 12.2 Å². The lowest BCUT2D eigenvalue weighted by Crippen LogP contribution is -2.55. The highest BCUT2D eigenvalue weighted by Crippen LogP contribution is 2.16. The molecule has 0 aromatic carbocycles. The van der Waals surface area contributed by atoms with Gasteiger partial charge in [-0.2, -0.15) is 0 Å². The van der Waals surface area contributed by atoms with Gasteiger partial charge < -0.3 is 28.6 Å². The molecule has 0 bridgehead atoms. The summed E-state index contributed by atoms with van der Waals surface area (Å²) in [6.07, 6.45) is 42.3. The number of rotatable bonds is 43. The van der Waals surface area contributed by atoms with Gasteiger partial charge in [0.05, 0.1) is 40.3 Å². The molecule has 0 aromatic rings. The zero-order valence-corrected chi connectivity index (χ0v) is 37.6. The molecule has 2 atom stereocenters. The maximum absolute atomic E-state index is 12.7. The Labute approximate surface area is 346 Å². The molecule has 2 unspecified atom stereocenters. The summed E-state index contributed by atoms with van der Waals surface area (Å²) >= 11 is 0. The Kier molecular flexibility index (Phi) is 38.5. The minimum atomic E-state index is -1.12. The van der Waals surface area contributed by atoms with E-state index in [9.17, 15) is 19.5 Å². The predicted molar refractivity (Wildman–Crippen MR) is 231 cm³/mol. The SMILES string of the molecule is CCCCCCC/C=C\CCCCCCCC(=O)OC(COCCC(C(=O)[O-])[N+](C)(C)C)COC(=O)CCCCCCCCCCCCCCCCCCCC. The second kappa shape index (κ2) is 39.9. The summed E-state index contributed by atoms with van der Waals surface area (Å²) in [5.74, 6) is -1.73. The number of quaternary nitrogens is 1. The van der Waals surface area contributed by atoms with Gasteiger partial charge in [-0.25, -0.2) is 0 Å². The Morgan fingerprint density at radius 3 is 1.29 bits per heavy atom.